The lowest BCUT2D eigenvalue weighted by Crippen LogP contribution is -2.30. The van der Waals surface area contributed by atoms with E-state index < -0.39 is 0 Å². The minimum atomic E-state index is 0.164. The van der Waals surface area contributed by atoms with Crippen LogP contribution in [0.4, 0.5) is 5.69 Å². The molecule has 0 fully saturated rings. The standard InChI is InChI=1S/C15H17N3S/c1-11-5-7-13(8-6-11)12(2)17-15(19)18-14-4-3-9-16-10-14/h3-10,12H,1-2H3,(H2,17,18,19). The Morgan fingerprint density at radius 1 is 1.21 bits per heavy atom. The number of thiocarbonyl (C=S) groups is 1. The summed E-state index contributed by atoms with van der Waals surface area (Å²) in [4.78, 5) is 4.03. The van der Waals surface area contributed by atoms with Crippen LogP contribution in [0.1, 0.15) is 24.1 Å². The van der Waals surface area contributed by atoms with Crippen LogP contribution >= 0.6 is 12.2 Å². The predicted octanol–water partition coefficient (Wildman–Crippen LogP) is 3.44. The Morgan fingerprint density at radius 2 is 1.95 bits per heavy atom. The van der Waals surface area contributed by atoms with Gasteiger partial charge in [0.25, 0.3) is 0 Å². The van der Waals surface area contributed by atoms with Crippen LogP contribution in [0, 0.1) is 6.92 Å². The molecule has 2 aromatic rings. The molecule has 0 spiro atoms. The highest BCUT2D eigenvalue weighted by molar-refractivity contribution is 7.80. The van der Waals surface area contributed by atoms with E-state index >= 15 is 0 Å². The maximum absolute atomic E-state index is 5.29. The summed E-state index contributed by atoms with van der Waals surface area (Å²) in [5.41, 5.74) is 3.35. The molecule has 4 heteroatoms. The third-order valence-corrected chi connectivity index (χ3v) is 3.06. The number of rotatable bonds is 3. The molecule has 1 heterocycles. The van der Waals surface area contributed by atoms with E-state index in [-0.39, 0.29) is 6.04 Å². The van der Waals surface area contributed by atoms with Crippen molar-refractivity contribution in [2.24, 2.45) is 0 Å². The van der Waals surface area contributed by atoms with E-state index in [1.54, 1.807) is 12.4 Å². The van der Waals surface area contributed by atoms with Crippen molar-refractivity contribution in [1.29, 1.82) is 0 Å². The highest BCUT2D eigenvalue weighted by atomic mass is 32.1. The molecule has 0 bridgehead atoms. The second-order valence-electron chi connectivity index (χ2n) is 4.47. The van der Waals surface area contributed by atoms with E-state index in [9.17, 15) is 0 Å². The third kappa shape index (κ3) is 4.03. The van der Waals surface area contributed by atoms with Crippen molar-refractivity contribution in [1.82, 2.24) is 10.3 Å². The molecule has 0 aliphatic carbocycles. The molecule has 2 N–H and O–H groups in total. The fourth-order valence-electron chi connectivity index (χ4n) is 1.74. The molecule has 19 heavy (non-hydrogen) atoms. The van der Waals surface area contributed by atoms with Crippen LogP contribution in [0.5, 0.6) is 0 Å². The summed E-state index contributed by atoms with van der Waals surface area (Å²) in [5, 5.41) is 6.97. The van der Waals surface area contributed by atoms with E-state index in [0.717, 1.165) is 5.69 Å². The molecule has 1 aromatic carbocycles. The maximum atomic E-state index is 5.29. The van der Waals surface area contributed by atoms with Gasteiger partial charge in [-0.05, 0) is 43.8 Å². The first-order valence-electron chi connectivity index (χ1n) is 6.19. The number of nitrogens with one attached hydrogen (secondary N) is 2. The van der Waals surface area contributed by atoms with E-state index in [4.69, 9.17) is 12.2 Å². The van der Waals surface area contributed by atoms with Crippen LogP contribution in [0.25, 0.3) is 0 Å². The van der Waals surface area contributed by atoms with Gasteiger partial charge in [0.15, 0.2) is 5.11 Å². The molecule has 0 amide bonds. The molecule has 0 aliphatic rings. The van der Waals surface area contributed by atoms with Gasteiger partial charge in [0.2, 0.25) is 0 Å². The lowest BCUT2D eigenvalue weighted by molar-refractivity contribution is 0.722. The molecule has 2 rings (SSSR count). The summed E-state index contributed by atoms with van der Waals surface area (Å²) in [7, 11) is 0. The largest absolute Gasteiger partial charge is 0.356 e. The van der Waals surface area contributed by atoms with E-state index in [1.807, 2.05) is 12.1 Å². The number of nitrogens with zero attached hydrogens (tertiary/aromatic N) is 1. The Kier molecular flexibility index (Phi) is 4.47. The van der Waals surface area contributed by atoms with Gasteiger partial charge in [0, 0.05) is 6.20 Å². The molecule has 0 saturated carbocycles. The SMILES string of the molecule is Cc1ccc(C(C)NC(=S)Nc2cccnc2)cc1. The van der Waals surface area contributed by atoms with Gasteiger partial charge < -0.3 is 10.6 Å². The van der Waals surface area contributed by atoms with Crippen molar-refractivity contribution in [3.05, 3.63) is 59.9 Å². The number of anilines is 1. The zero-order valence-electron chi connectivity index (χ0n) is 11.1. The quantitative estimate of drug-likeness (QED) is 0.839. The molecule has 0 radical (unpaired) electrons. The van der Waals surface area contributed by atoms with Crippen LogP contribution in [-0.2, 0) is 0 Å². The summed E-state index contributed by atoms with van der Waals surface area (Å²) in [6.45, 7) is 4.17. The van der Waals surface area contributed by atoms with Crippen molar-refractivity contribution in [2.75, 3.05) is 5.32 Å². The molecular formula is C15H17N3S. The van der Waals surface area contributed by atoms with Gasteiger partial charge in [0.05, 0.1) is 17.9 Å². The maximum Gasteiger partial charge on any atom is 0.171 e. The second kappa shape index (κ2) is 6.29. The molecular weight excluding hydrogens is 254 g/mol. The number of hydrogen-bond acceptors (Lipinski definition) is 2. The van der Waals surface area contributed by atoms with Gasteiger partial charge >= 0.3 is 0 Å². The van der Waals surface area contributed by atoms with Crippen molar-refractivity contribution in [3.63, 3.8) is 0 Å². The van der Waals surface area contributed by atoms with Gasteiger partial charge in [-0.3, -0.25) is 4.98 Å². The Labute approximate surface area is 119 Å². The van der Waals surface area contributed by atoms with Gasteiger partial charge in [-0.2, -0.15) is 0 Å². The van der Waals surface area contributed by atoms with Gasteiger partial charge in [-0.15, -0.1) is 0 Å². The van der Waals surface area contributed by atoms with Crippen LogP contribution in [-0.4, -0.2) is 10.1 Å². The number of benzene rings is 1. The normalized spacial score (nSPS) is 11.7. The van der Waals surface area contributed by atoms with Crippen molar-refractivity contribution >= 4 is 23.0 Å². The average molecular weight is 271 g/mol. The third-order valence-electron chi connectivity index (χ3n) is 2.84. The summed E-state index contributed by atoms with van der Waals surface area (Å²) >= 11 is 5.29. The first-order valence-corrected chi connectivity index (χ1v) is 6.60. The Balaban J connectivity index is 1.93. The van der Waals surface area contributed by atoms with Gasteiger partial charge in [0.1, 0.15) is 0 Å². The fraction of sp³-hybridized carbons (Fsp3) is 0.200. The van der Waals surface area contributed by atoms with Crippen LogP contribution in [0.2, 0.25) is 0 Å². The second-order valence-corrected chi connectivity index (χ2v) is 4.88. The fourth-order valence-corrected chi connectivity index (χ4v) is 2.03. The number of pyridine rings is 1. The summed E-state index contributed by atoms with van der Waals surface area (Å²) in [5.74, 6) is 0. The molecule has 98 valence electrons. The number of aromatic nitrogens is 1. The van der Waals surface area contributed by atoms with Crippen LogP contribution in [0.3, 0.4) is 0 Å². The molecule has 1 unspecified atom stereocenters. The average Bonchev–Trinajstić information content (AvgIpc) is 2.40. The monoisotopic (exact) mass is 271 g/mol. The first kappa shape index (κ1) is 13.5. The van der Waals surface area contributed by atoms with Crippen LogP contribution < -0.4 is 10.6 Å². The van der Waals surface area contributed by atoms with Gasteiger partial charge in [-0.25, -0.2) is 0 Å². The highest BCUT2D eigenvalue weighted by Gasteiger charge is 2.06. The zero-order valence-corrected chi connectivity index (χ0v) is 11.9. The molecule has 1 aromatic heterocycles. The van der Waals surface area contributed by atoms with Crippen molar-refractivity contribution in [3.8, 4) is 0 Å². The lowest BCUT2D eigenvalue weighted by Gasteiger charge is -2.17. The minimum absolute atomic E-state index is 0.164. The molecule has 0 saturated heterocycles. The topological polar surface area (TPSA) is 37.0 Å². The van der Waals surface area contributed by atoms with E-state index in [1.165, 1.54) is 11.1 Å². The lowest BCUT2D eigenvalue weighted by atomic mass is 10.1. The first-order chi connectivity index (χ1) is 9.15. The molecule has 3 nitrogen and oxygen atoms in total. The van der Waals surface area contributed by atoms with Gasteiger partial charge in [-0.1, -0.05) is 29.8 Å². The molecule has 0 aliphatic heterocycles. The van der Waals surface area contributed by atoms with E-state index in [0.29, 0.717) is 5.11 Å². The Hall–Kier alpha value is -1.94. The number of hydrogen-bond donors (Lipinski definition) is 2. The number of aryl methyl sites for hydroxylation is 1. The summed E-state index contributed by atoms with van der Waals surface area (Å²) in [6.07, 6.45) is 3.47. The smallest absolute Gasteiger partial charge is 0.171 e. The summed E-state index contributed by atoms with van der Waals surface area (Å²) in [6, 6.07) is 12.4. The summed E-state index contributed by atoms with van der Waals surface area (Å²) < 4.78 is 0. The molecule has 1 atom stereocenters. The Bertz CT molecular complexity index is 537. The zero-order chi connectivity index (χ0) is 13.7. The van der Waals surface area contributed by atoms with Crippen molar-refractivity contribution in [2.45, 2.75) is 19.9 Å². The van der Waals surface area contributed by atoms with Crippen LogP contribution in [0.15, 0.2) is 48.8 Å². The predicted molar refractivity (Wildman–Crippen MR) is 83.2 cm³/mol. The van der Waals surface area contributed by atoms with Crippen molar-refractivity contribution < 1.29 is 0 Å². The Morgan fingerprint density at radius 3 is 2.58 bits per heavy atom. The highest BCUT2D eigenvalue weighted by Crippen LogP contribution is 2.13. The van der Waals surface area contributed by atoms with E-state index in [2.05, 4.69) is 53.7 Å². The minimum Gasteiger partial charge on any atom is -0.356 e.